The van der Waals surface area contributed by atoms with Gasteiger partial charge in [0.25, 0.3) is 0 Å². The molecule has 0 saturated heterocycles. The van der Waals surface area contributed by atoms with Crippen molar-refractivity contribution in [1.82, 2.24) is 0 Å². The number of carbonyl (C=O) groups excluding carboxylic acids is 2. The van der Waals surface area contributed by atoms with Gasteiger partial charge in [-0.3, -0.25) is 9.59 Å². The number of rotatable bonds is 9. The Hall–Kier alpha value is -6.80. The number of allylic oxidation sites excluding steroid dienone is 4. The Balaban J connectivity index is 1.42. The van der Waals surface area contributed by atoms with Crippen molar-refractivity contribution >= 4 is 17.1 Å². The minimum atomic E-state index is -0.898. The quantitative estimate of drug-likeness (QED) is 0.0856. The third kappa shape index (κ3) is 6.00. The van der Waals surface area contributed by atoms with Crippen LogP contribution in [0.25, 0.3) is 5.57 Å². The number of ketones is 2. The number of phenolic OH excluding ortho intramolecular Hbond substituents is 3. The number of carbonyl (C=O) groups is 2. The lowest BCUT2D eigenvalue weighted by molar-refractivity contribution is -0.113. The highest BCUT2D eigenvalue weighted by Gasteiger charge is 2.45. The Labute approximate surface area is 299 Å². The highest BCUT2D eigenvalue weighted by molar-refractivity contribution is 6.40. The van der Waals surface area contributed by atoms with Crippen molar-refractivity contribution in [3.05, 3.63) is 200 Å². The molecule has 0 aliphatic heterocycles. The summed E-state index contributed by atoms with van der Waals surface area (Å²) in [5, 5.41) is 69.5. The number of hydrogen-bond donors (Lipinski definition) is 6. The molecule has 0 bridgehead atoms. The number of aliphatic hydroxyl groups is 3. The van der Waals surface area contributed by atoms with Gasteiger partial charge in [-0.1, -0.05) is 121 Å². The van der Waals surface area contributed by atoms with E-state index in [9.17, 15) is 40.2 Å². The van der Waals surface area contributed by atoms with Gasteiger partial charge in [-0.2, -0.15) is 0 Å². The molecule has 0 aromatic heterocycles. The zero-order valence-corrected chi connectivity index (χ0v) is 27.9. The van der Waals surface area contributed by atoms with Crippen LogP contribution in [-0.4, -0.2) is 42.2 Å². The lowest BCUT2D eigenvalue weighted by Gasteiger charge is -2.29. The number of benzene rings is 5. The van der Waals surface area contributed by atoms with E-state index in [2.05, 4.69) is 0 Å². The first-order chi connectivity index (χ1) is 25.2. The summed E-state index contributed by atoms with van der Waals surface area (Å²) < 4.78 is 0. The van der Waals surface area contributed by atoms with Crippen molar-refractivity contribution in [1.29, 1.82) is 0 Å². The average Bonchev–Trinajstić information content (AvgIpc) is 3.17. The average molecular weight is 691 g/mol. The topological polar surface area (TPSA) is 156 Å². The SMILES string of the molecule is O=C1C(Cc2ccccc2)=C(O)C(=C2C(=O)C(c3c(O)c(Cc4ccccc4)c(O)c(Cc4ccccc4)c3O)=C2O)C(O)=C1Cc1ccccc1. The molecule has 52 heavy (non-hydrogen) atoms. The molecule has 8 heteroatoms. The zero-order chi connectivity index (χ0) is 36.5. The highest BCUT2D eigenvalue weighted by atomic mass is 16.3. The van der Waals surface area contributed by atoms with Crippen LogP contribution < -0.4 is 0 Å². The minimum Gasteiger partial charge on any atom is -0.507 e. The van der Waals surface area contributed by atoms with Crippen molar-refractivity contribution in [3.63, 3.8) is 0 Å². The fourth-order valence-corrected chi connectivity index (χ4v) is 6.83. The molecule has 0 amide bonds. The van der Waals surface area contributed by atoms with E-state index >= 15 is 0 Å². The van der Waals surface area contributed by atoms with Crippen LogP contribution in [0, 0.1) is 0 Å². The monoisotopic (exact) mass is 690 g/mol. The summed E-state index contributed by atoms with van der Waals surface area (Å²) in [5.41, 5.74) is 0.999. The molecular weight excluding hydrogens is 656 g/mol. The van der Waals surface area contributed by atoms with Crippen LogP contribution in [0.4, 0.5) is 0 Å². The zero-order valence-electron chi connectivity index (χ0n) is 27.9. The molecule has 0 heterocycles. The van der Waals surface area contributed by atoms with Crippen molar-refractivity contribution in [3.8, 4) is 17.2 Å². The molecule has 6 N–H and O–H groups in total. The first-order valence-electron chi connectivity index (χ1n) is 16.7. The van der Waals surface area contributed by atoms with E-state index in [0.29, 0.717) is 11.1 Å². The molecule has 5 aromatic rings. The van der Waals surface area contributed by atoms with Gasteiger partial charge in [-0.15, -0.1) is 0 Å². The van der Waals surface area contributed by atoms with Gasteiger partial charge >= 0.3 is 0 Å². The van der Waals surface area contributed by atoms with Gasteiger partial charge in [0.15, 0.2) is 5.78 Å². The number of phenols is 3. The van der Waals surface area contributed by atoms with Gasteiger partial charge in [-0.25, -0.2) is 0 Å². The Bertz CT molecular complexity index is 2210. The van der Waals surface area contributed by atoms with E-state index in [0.717, 1.165) is 11.1 Å². The van der Waals surface area contributed by atoms with Gasteiger partial charge in [0, 0.05) is 48.0 Å². The predicted molar refractivity (Wildman–Crippen MR) is 196 cm³/mol. The molecule has 0 saturated carbocycles. The number of aromatic hydroxyl groups is 3. The lowest BCUT2D eigenvalue weighted by Crippen LogP contribution is -2.28. The van der Waals surface area contributed by atoms with Gasteiger partial charge < -0.3 is 30.6 Å². The second-order valence-electron chi connectivity index (χ2n) is 12.8. The Morgan fingerprint density at radius 1 is 0.346 bits per heavy atom. The molecule has 0 unspecified atom stereocenters. The maximum atomic E-state index is 14.2. The third-order valence-corrected chi connectivity index (χ3v) is 9.53. The highest BCUT2D eigenvalue weighted by Crippen LogP contribution is 2.52. The fraction of sp³-hybridized carbons (Fsp3) is 0.0909. The number of Topliss-reactive ketones (excluding diaryl/α,β-unsaturated/α-hetero) is 2. The predicted octanol–water partition coefficient (Wildman–Crippen LogP) is 7.83. The van der Waals surface area contributed by atoms with Crippen LogP contribution in [0.2, 0.25) is 0 Å². The van der Waals surface area contributed by atoms with Crippen molar-refractivity contribution in [2.75, 3.05) is 0 Å². The molecule has 0 atom stereocenters. The van der Waals surface area contributed by atoms with E-state index in [-0.39, 0.29) is 53.7 Å². The molecule has 2 aliphatic carbocycles. The summed E-state index contributed by atoms with van der Waals surface area (Å²) in [6, 6.07) is 35.8. The maximum Gasteiger partial charge on any atom is 0.202 e. The standard InChI is InChI=1S/C44H34O8/c45-37-29(21-25-13-5-1-6-14-25)39(47)33(40(48)30(37)22-26-15-7-2-8-16-26)35-43(51)36(44(35)52)34-41(49)31(23-27-17-9-3-10-18-27)38(46)32(42(34)50)24-28-19-11-4-12-20-28/h1-20,45,47-51H,21-24H2. The first kappa shape index (κ1) is 33.7. The van der Waals surface area contributed by atoms with Crippen LogP contribution in [0.15, 0.2) is 161 Å². The fourth-order valence-electron chi connectivity index (χ4n) is 6.83. The molecule has 5 aromatic carbocycles. The van der Waals surface area contributed by atoms with E-state index in [1.807, 2.05) is 24.3 Å². The van der Waals surface area contributed by atoms with Crippen molar-refractivity contribution < 1.29 is 40.2 Å². The Kier molecular flexibility index (Phi) is 8.97. The van der Waals surface area contributed by atoms with Crippen LogP contribution in [0.1, 0.15) is 38.9 Å². The molecule has 8 nitrogen and oxygen atoms in total. The maximum absolute atomic E-state index is 14.2. The van der Waals surface area contributed by atoms with Crippen LogP contribution in [0.5, 0.6) is 17.2 Å². The van der Waals surface area contributed by atoms with Gasteiger partial charge in [0.1, 0.15) is 34.5 Å². The van der Waals surface area contributed by atoms with Crippen molar-refractivity contribution in [2.45, 2.75) is 25.7 Å². The second kappa shape index (κ2) is 13.8. The lowest BCUT2D eigenvalue weighted by atomic mass is 9.75. The van der Waals surface area contributed by atoms with Crippen LogP contribution >= 0.6 is 0 Å². The Morgan fingerprint density at radius 3 is 1.04 bits per heavy atom. The van der Waals surface area contributed by atoms with Crippen molar-refractivity contribution in [2.24, 2.45) is 0 Å². The largest absolute Gasteiger partial charge is 0.507 e. The van der Waals surface area contributed by atoms with E-state index < -0.39 is 62.6 Å². The summed E-state index contributed by atoms with van der Waals surface area (Å²) in [7, 11) is 0. The smallest absolute Gasteiger partial charge is 0.202 e. The summed E-state index contributed by atoms with van der Waals surface area (Å²) in [5.74, 6) is -5.11. The van der Waals surface area contributed by atoms with Crippen LogP contribution in [-0.2, 0) is 35.3 Å². The van der Waals surface area contributed by atoms with Gasteiger partial charge in [0.2, 0.25) is 5.78 Å². The second-order valence-corrected chi connectivity index (χ2v) is 12.8. The third-order valence-electron chi connectivity index (χ3n) is 9.53. The summed E-state index contributed by atoms with van der Waals surface area (Å²) in [6.07, 6.45) is 0.0183. The normalized spacial score (nSPS) is 14.7. The molecule has 0 radical (unpaired) electrons. The number of hydrogen-bond acceptors (Lipinski definition) is 8. The van der Waals surface area contributed by atoms with Crippen LogP contribution in [0.3, 0.4) is 0 Å². The molecule has 0 spiro atoms. The van der Waals surface area contributed by atoms with Gasteiger partial charge in [-0.05, 0) is 22.3 Å². The van der Waals surface area contributed by atoms with E-state index in [1.54, 1.807) is 97.1 Å². The summed E-state index contributed by atoms with van der Waals surface area (Å²) in [6.45, 7) is 0. The molecule has 0 fully saturated rings. The van der Waals surface area contributed by atoms with Gasteiger partial charge in [0.05, 0.1) is 22.3 Å². The summed E-state index contributed by atoms with van der Waals surface area (Å²) in [4.78, 5) is 28.1. The minimum absolute atomic E-state index is 0.0232. The first-order valence-corrected chi connectivity index (χ1v) is 16.7. The van der Waals surface area contributed by atoms with E-state index in [1.165, 1.54) is 0 Å². The summed E-state index contributed by atoms with van der Waals surface area (Å²) >= 11 is 0. The van der Waals surface area contributed by atoms with E-state index in [4.69, 9.17) is 0 Å². The molecule has 258 valence electrons. The number of aliphatic hydroxyl groups excluding tert-OH is 3. The molecule has 2 aliphatic rings. The molecule has 7 rings (SSSR count). The Morgan fingerprint density at radius 2 is 0.692 bits per heavy atom. The molecular formula is C44H34O8.